The third kappa shape index (κ3) is 7.97. The average molecular weight is 649 g/mol. The summed E-state index contributed by atoms with van der Waals surface area (Å²) >= 11 is 0. The standard InChI is InChI=1S/C28H40N8O6S2/c1-28(2,3)42-27(37)33-44(40,41)35-18-16-34(17-19-35)23-6-5-7-24-22(23)13-15-36(24)25-12-14-29-26(31-25)30-20-8-10-21(11-9-20)32-43(4,38)39/h5-7,12-15,20-21,32H,8-11,16-19H2,1-4H3,(H,33,37)(H,29,30,31)/t20-,21-. The molecule has 0 bridgehead atoms. The highest BCUT2D eigenvalue weighted by Gasteiger charge is 2.31. The number of rotatable bonds is 8. The maximum Gasteiger partial charge on any atom is 0.422 e. The second-order valence-corrected chi connectivity index (χ2v) is 15.7. The van der Waals surface area contributed by atoms with Gasteiger partial charge in [-0.25, -0.2) is 27.6 Å². The molecule has 1 aliphatic carbocycles. The van der Waals surface area contributed by atoms with Crippen molar-refractivity contribution >= 4 is 48.9 Å². The zero-order valence-electron chi connectivity index (χ0n) is 25.4. The zero-order valence-corrected chi connectivity index (χ0v) is 27.0. The van der Waals surface area contributed by atoms with Crippen molar-refractivity contribution in [1.82, 2.24) is 28.3 Å². The maximum absolute atomic E-state index is 12.8. The summed E-state index contributed by atoms with van der Waals surface area (Å²) < 4.78 is 61.7. The van der Waals surface area contributed by atoms with Crippen molar-refractivity contribution in [3.63, 3.8) is 0 Å². The van der Waals surface area contributed by atoms with E-state index in [4.69, 9.17) is 9.72 Å². The summed E-state index contributed by atoms with van der Waals surface area (Å²) in [5.74, 6) is 1.21. The SMILES string of the molecule is CC(C)(C)OC(=O)NS(=O)(=O)N1CCN(c2cccc3c2ccn3-c2ccnc(N[C@H]3CC[C@H](NS(C)(=O)=O)CC3)n2)CC1. The van der Waals surface area contributed by atoms with E-state index < -0.39 is 31.9 Å². The minimum absolute atomic E-state index is 0.0444. The van der Waals surface area contributed by atoms with E-state index in [0.717, 1.165) is 42.3 Å². The number of hydrogen-bond donors (Lipinski definition) is 3. The molecule has 2 aromatic heterocycles. The normalized spacial score (nSPS) is 20.4. The van der Waals surface area contributed by atoms with Crippen LogP contribution in [0.15, 0.2) is 42.7 Å². The smallest absolute Gasteiger partial charge is 0.422 e. The van der Waals surface area contributed by atoms with Gasteiger partial charge in [-0.2, -0.15) is 17.7 Å². The molecule has 1 saturated carbocycles. The molecule has 3 heterocycles. The number of ether oxygens (including phenoxy) is 1. The molecule has 5 rings (SSSR count). The van der Waals surface area contributed by atoms with Crippen molar-refractivity contribution in [2.75, 3.05) is 42.7 Å². The maximum atomic E-state index is 12.8. The van der Waals surface area contributed by atoms with E-state index in [2.05, 4.69) is 19.9 Å². The van der Waals surface area contributed by atoms with Gasteiger partial charge in [-0.1, -0.05) is 6.07 Å². The van der Waals surface area contributed by atoms with E-state index in [9.17, 15) is 21.6 Å². The molecule has 0 spiro atoms. The Balaban J connectivity index is 1.24. The van der Waals surface area contributed by atoms with Crippen LogP contribution in [0.2, 0.25) is 0 Å². The van der Waals surface area contributed by atoms with Gasteiger partial charge in [-0.3, -0.25) is 0 Å². The van der Waals surface area contributed by atoms with Crippen LogP contribution in [0.4, 0.5) is 16.4 Å². The van der Waals surface area contributed by atoms with Gasteiger partial charge in [0.15, 0.2) is 0 Å². The molecule has 44 heavy (non-hydrogen) atoms. The Morgan fingerprint density at radius 2 is 1.64 bits per heavy atom. The average Bonchev–Trinajstić information content (AvgIpc) is 3.37. The van der Waals surface area contributed by atoms with Crippen LogP contribution in [-0.2, 0) is 25.0 Å². The fourth-order valence-electron chi connectivity index (χ4n) is 5.66. The molecule has 1 amide bonds. The van der Waals surface area contributed by atoms with Crippen molar-refractivity contribution in [3.8, 4) is 5.82 Å². The first-order valence-corrected chi connectivity index (χ1v) is 17.9. The van der Waals surface area contributed by atoms with Crippen LogP contribution >= 0.6 is 0 Å². The second-order valence-electron chi connectivity index (χ2n) is 12.2. The highest BCUT2D eigenvalue weighted by molar-refractivity contribution is 7.88. The summed E-state index contributed by atoms with van der Waals surface area (Å²) in [5.41, 5.74) is 1.11. The minimum atomic E-state index is -4.03. The second kappa shape index (κ2) is 12.5. The highest BCUT2D eigenvalue weighted by atomic mass is 32.2. The molecule has 0 radical (unpaired) electrons. The summed E-state index contributed by atoms with van der Waals surface area (Å²) in [5, 5.41) is 4.41. The lowest BCUT2D eigenvalue weighted by Crippen LogP contribution is -2.53. The largest absolute Gasteiger partial charge is 0.443 e. The predicted molar refractivity (Wildman–Crippen MR) is 169 cm³/mol. The Morgan fingerprint density at radius 1 is 0.955 bits per heavy atom. The van der Waals surface area contributed by atoms with E-state index in [1.165, 1.54) is 10.6 Å². The van der Waals surface area contributed by atoms with Gasteiger partial charge in [-0.15, -0.1) is 0 Å². The van der Waals surface area contributed by atoms with Crippen LogP contribution in [-0.4, -0.2) is 91.9 Å². The zero-order chi connectivity index (χ0) is 31.7. The van der Waals surface area contributed by atoms with Gasteiger partial charge in [0.25, 0.3) is 0 Å². The lowest BCUT2D eigenvalue weighted by Gasteiger charge is -2.35. The quantitative estimate of drug-likeness (QED) is 0.330. The first-order chi connectivity index (χ1) is 20.7. The van der Waals surface area contributed by atoms with Crippen molar-refractivity contribution < 1.29 is 26.4 Å². The van der Waals surface area contributed by atoms with E-state index in [-0.39, 0.29) is 25.2 Å². The lowest BCUT2D eigenvalue weighted by atomic mass is 9.92. The number of carbonyl (C=O) groups is 1. The van der Waals surface area contributed by atoms with Crippen LogP contribution in [0, 0.1) is 0 Å². The van der Waals surface area contributed by atoms with Gasteiger partial charge in [0.1, 0.15) is 11.4 Å². The van der Waals surface area contributed by atoms with Gasteiger partial charge in [-0.05, 0) is 70.7 Å². The van der Waals surface area contributed by atoms with Gasteiger partial charge in [0, 0.05) is 61.7 Å². The molecule has 16 heteroatoms. The predicted octanol–water partition coefficient (Wildman–Crippen LogP) is 2.58. The Kier molecular flexibility index (Phi) is 9.07. The number of amides is 1. The van der Waals surface area contributed by atoms with E-state index in [0.29, 0.717) is 24.9 Å². The molecule has 0 atom stereocenters. The number of piperazine rings is 1. The minimum Gasteiger partial charge on any atom is -0.443 e. The van der Waals surface area contributed by atoms with Crippen LogP contribution in [0.5, 0.6) is 0 Å². The molecular weight excluding hydrogens is 608 g/mol. The fourth-order valence-corrected chi connectivity index (χ4v) is 7.53. The lowest BCUT2D eigenvalue weighted by molar-refractivity contribution is 0.0567. The number of nitrogens with one attached hydrogen (secondary N) is 3. The summed E-state index contributed by atoms with van der Waals surface area (Å²) in [7, 11) is -7.25. The molecule has 2 fully saturated rings. The third-order valence-corrected chi connectivity index (χ3v) is 9.80. The van der Waals surface area contributed by atoms with E-state index >= 15 is 0 Å². The van der Waals surface area contributed by atoms with Gasteiger partial charge in [0.05, 0.1) is 11.8 Å². The molecule has 3 N–H and O–H groups in total. The molecule has 3 aromatic rings. The Bertz CT molecular complexity index is 1700. The first kappa shape index (κ1) is 31.9. The third-order valence-electron chi connectivity index (χ3n) is 7.57. The van der Waals surface area contributed by atoms with Crippen molar-refractivity contribution in [3.05, 3.63) is 42.7 Å². The number of sulfonamides is 1. The molecule has 0 unspecified atom stereocenters. The van der Waals surface area contributed by atoms with Gasteiger partial charge < -0.3 is 19.5 Å². The van der Waals surface area contributed by atoms with E-state index in [1.807, 2.05) is 45.8 Å². The fraction of sp³-hybridized carbons (Fsp3) is 0.536. The van der Waals surface area contributed by atoms with Crippen molar-refractivity contribution in [2.24, 2.45) is 0 Å². The molecule has 1 aliphatic heterocycles. The van der Waals surface area contributed by atoms with Crippen LogP contribution in [0.25, 0.3) is 16.7 Å². The molecule has 240 valence electrons. The molecular formula is C28H40N8O6S2. The van der Waals surface area contributed by atoms with Crippen molar-refractivity contribution in [1.29, 1.82) is 0 Å². The number of anilines is 2. The first-order valence-electron chi connectivity index (χ1n) is 14.6. The summed E-state index contributed by atoms with van der Waals surface area (Å²) in [6.07, 6.45) is 6.96. The van der Waals surface area contributed by atoms with Crippen molar-refractivity contribution in [2.45, 2.75) is 64.1 Å². The molecule has 1 aromatic carbocycles. The summed E-state index contributed by atoms with van der Waals surface area (Å²) in [4.78, 5) is 23.4. The Hall–Kier alpha value is -3.47. The van der Waals surface area contributed by atoms with E-state index in [1.54, 1.807) is 27.0 Å². The van der Waals surface area contributed by atoms with Crippen LogP contribution in [0.1, 0.15) is 46.5 Å². The topological polar surface area (TPSA) is 168 Å². The van der Waals surface area contributed by atoms with Crippen LogP contribution < -0.4 is 19.7 Å². The highest BCUT2D eigenvalue weighted by Crippen LogP contribution is 2.31. The Labute approximate surface area is 258 Å². The van der Waals surface area contributed by atoms with Gasteiger partial charge >= 0.3 is 16.3 Å². The number of fused-ring (bicyclic) bond motifs is 1. The summed E-state index contributed by atoms with van der Waals surface area (Å²) in [6.45, 7) is 6.33. The molecule has 14 nitrogen and oxygen atoms in total. The number of benzene rings is 1. The van der Waals surface area contributed by atoms with Gasteiger partial charge in [0.2, 0.25) is 16.0 Å². The molecule has 1 saturated heterocycles. The number of carbonyl (C=O) groups excluding carboxylic acids is 1. The number of aromatic nitrogens is 3. The molecule has 2 aliphatic rings. The number of hydrogen-bond acceptors (Lipinski definition) is 10. The summed E-state index contributed by atoms with van der Waals surface area (Å²) in [6, 6.07) is 9.95. The Morgan fingerprint density at radius 3 is 2.30 bits per heavy atom. The van der Waals surface area contributed by atoms with Crippen LogP contribution in [0.3, 0.4) is 0 Å². The number of nitrogens with zero attached hydrogens (tertiary/aromatic N) is 5. The monoisotopic (exact) mass is 648 g/mol.